The summed E-state index contributed by atoms with van der Waals surface area (Å²) < 4.78 is 0. The number of halogens is 1. The Morgan fingerprint density at radius 3 is 2.63 bits per heavy atom. The van der Waals surface area contributed by atoms with Gasteiger partial charge >= 0.3 is 5.97 Å². The molecule has 2 unspecified atom stereocenters. The zero-order valence-electron chi connectivity index (χ0n) is 10.00. The fourth-order valence-corrected chi connectivity index (χ4v) is 1.59. The number of pyridine rings is 1. The van der Waals surface area contributed by atoms with Crippen LogP contribution in [0, 0.1) is 0 Å². The number of hydrogen-bond donors (Lipinski definition) is 4. The number of aromatic nitrogens is 1. The molecule has 0 aromatic carbocycles. The van der Waals surface area contributed by atoms with Gasteiger partial charge < -0.3 is 20.6 Å². The number of aliphatic hydroxyl groups is 2. The van der Waals surface area contributed by atoms with Crippen LogP contribution in [0.1, 0.15) is 28.9 Å². The molecule has 0 radical (unpaired) electrons. The second-order valence-corrected chi connectivity index (χ2v) is 4.24. The Morgan fingerprint density at radius 2 is 2.11 bits per heavy atom. The minimum Gasteiger partial charge on any atom is -0.478 e. The fraction of sp³-hybridized carbons (Fsp3) is 0.364. The van der Waals surface area contributed by atoms with Crippen LogP contribution < -0.4 is 5.32 Å². The lowest BCUT2D eigenvalue weighted by Crippen LogP contribution is -2.34. The molecule has 0 aliphatic carbocycles. The molecule has 0 bridgehead atoms. The van der Waals surface area contributed by atoms with Gasteiger partial charge in [-0.15, -0.1) is 0 Å². The van der Waals surface area contributed by atoms with Gasteiger partial charge in [0, 0.05) is 25.2 Å². The predicted molar refractivity (Wildman–Crippen MR) is 65.9 cm³/mol. The van der Waals surface area contributed by atoms with Crippen molar-refractivity contribution in [2.75, 3.05) is 6.54 Å². The molecule has 1 rings (SSSR count). The van der Waals surface area contributed by atoms with Gasteiger partial charge in [0.1, 0.15) is 17.4 Å². The normalized spacial score (nSPS) is 13.7. The lowest BCUT2D eigenvalue weighted by atomic mass is 10.0. The van der Waals surface area contributed by atoms with Crippen molar-refractivity contribution in [3.8, 4) is 0 Å². The number of carbonyl (C=O) groups excluding carboxylic acids is 1. The molecule has 4 N–H and O–H groups in total. The molecule has 0 spiro atoms. The zero-order chi connectivity index (χ0) is 14.6. The van der Waals surface area contributed by atoms with E-state index in [1.807, 2.05) is 0 Å². The lowest BCUT2D eigenvalue weighted by Gasteiger charge is -2.19. The quantitative estimate of drug-likeness (QED) is 0.565. The van der Waals surface area contributed by atoms with Crippen molar-refractivity contribution in [1.29, 1.82) is 0 Å². The number of carboxylic acids is 1. The molecule has 1 heterocycles. The predicted octanol–water partition coefficient (Wildman–Crippen LogP) is -0.0364. The van der Waals surface area contributed by atoms with E-state index < -0.39 is 18.2 Å². The van der Waals surface area contributed by atoms with Gasteiger partial charge in [-0.1, -0.05) is 11.6 Å². The van der Waals surface area contributed by atoms with Crippen molar-refractivity contribution in [2.45, 2.75) is 19.1 Å². The lowest BCUT2D eigenvalue weighted by molar-refractivity contribution is -0.119. The standard InChI is InChI=1S/C11H13ClN2O5/c1-5(15)13-4-8(16)10(17)7-3-14-9(12)2-6(7)11(18)19/h2-3,8,10,16-17H,4H2,1H3,(H,13,15)(H,18,19). The van der Waals surface area contributed by atoms with Crippen molar-refractivity contribution in [2.24, 2.45) is 0 Å². The first-order chi connectivity index (χ1) is 8.82. The van der Waals surface area contributed by atoms with Gasteiger partial charge in [-0.2, -0.15) is 0 Å². The Balaban J connectivity index is 2.95. The van der Waals surface area contributed by atoms with Crippen LogP contribution in [0.15, 0.2) is 12.3 Å². The summed E-state index contributed by atoms with van der Waals surface area (Å²) in [7, 11) is 0. The molecule has 19 heavy (non-hydrogen) atoms. The van der Waals surface area contributed by atoms with Crippen LogP contribution in [0.2, 0.25) is 5.15 Å². The third kappa shape index (κ3) is 4.16. The van der Waals surface area contributed by atoms with Crippen LogP contribution in [0.4, 0.5) is 0 Å². The molecule has 0 fully saturated rings. The van der Waals surface area contributed by atoms with E-state index in [4.69, 9.17) is 16.7 Å². The third-order valence-electron chi connectivity index (χ3n) is 2.38. The van der Waals surface area contributed by atoms with Gasteiger partial charge in [0.15, 0.2) is 0 Å². The van der Waals surface area contributed by atoms with Gasteiger partial charge in [0.05, 0.1) is 5.56 Å². The van der Waals surface area contributed by atoms with Gasteiger partial charge in [-0.05, 0) is 6.07 Å². The van der Waals surface area contributed by atoms with E-state index in [2.05, 4.69) is 10.3 Å². The molecule has 8 heteroatoms. The van der Waals surface area contributed by atoms with Crippen LogP contribution in [0.25, 0.3) is 0 Å². The summed E-state index contributed by atoms with van der Waals surface area (Å²) in [6.45, 7) is 1.05. The number of amides is 1. The highest BCUT2D eigenvalue weighted by atomic mass is 35.5. The Morgan fingerprint density at radius 1 is 1.47 bits per heavy atom. The van der Waals surface area contributed by atoms with Gasteiger partial charge in [-0.3, -0.25) is 4.79 Å². The highest BCUT2D eigenvalue weighted by molar-refractivity contribution is 6.29. The molecule has 1 amide bonds. The number of hydrogen-bond acceptors (Lipinski definition) is 5. The Kier molecular flexibility index (Phi) is 5.22. The summed E-state index contributed by atoms with van der Waals surface area (Å²) in [5.41, 5.74) is -0.330. The average Bonchev–Trinajstić information content (AvgIpc) is 2.34. The number of nitrogens with one attached hydrogen (secondary N) is 1. The molecule has 0 aliphatic rings. The summed E-state index contributed by atoms with van der Waals surface area (Å²) in [5.74, 6) is -1.68. The Hall–Kier alpha value is -1.70. The first-order valence-electron chi connectivity index (χ1n) is 5.32. The number of carbonyl (C=O) groups is 2. The molecular weight excluding hydrogens is 276 g/mol. The third-order valence-corrected chi connectivity index (χ3v) is 2.58. The maximum absolute atomic E-state index is 11.0. The van der Waals surface area contributed by atoms with E-state index >= 15 is 0 Å². The largest absolute Gasteiger partial charge is 0.478 e. The topological polar surface area (TPSA) is 120 Å². The van der Waals surface area contributed by atoms with E-state index in [0.717, 1.165) is 12.3 Å². The van der Waals surface area contributed by atoms with Gasteiger partial charge in [0.25, 0.3) is 0 Å². The molecule has 0 saturated carbocycles. The van der Waals surface area contributed by atoms with E-state index in [1.165, 1.54) is 6.92 Å². The molecule has 1 aromatic heterocycles. The summed E-state index contributed by atoms with van der Waals surface area (Å²) in [4.78, 5) is 25.4. The molecule has 2 atom stereocenters. The number of carboxylic acid groups (broad SMARTS) is 1. The van der Waals surface area contributed by atoms with Crippen molar-refractivity contribution >= 4 is 23.5 Å². The molecule has 1 aromatic rings. The summed E-state index contributed by atoms with van der Waals surface area (Å²) >= 11 is 5.57. The zero-order valence-corrected chi connectivity index (χ0v) is 10.8. The minimum atomic E-state index is -1.50. The smallest absolute Gasteiger partial charge is 0.336 e. The van der Waals surface area contributed by atoms with E-state index in [9.17, 15) is 19.8 Å². The Bertz CT molecular complexity index is 494. The van der Waals surface area contributed by atoms with Gasteiger partial charge in [0.2, 0.25) is 5.91 Å². The molecule has 0 saturated heterocycles. The fourth-order valence-electron chi connectivity index (χ4n) is 1.43. The first-order valence-corrected chi connectivity index (χ1v) is 5.70. The van der Waals surface area contributed by atoms with Crippen molar-refractivity contribution in [1.82, 2.24) is 10.3 Å². The summed E-state index contributed by atoms with van der Waals surface area (Å²) in [5, 5.41) is 30.8. The molecule has 0 aliphatic heterocycles. The van der Waals surface area contributed by atoms with Crippen LogP contribution >= 0.6 is 11.6 Å². The number of rotatable bonds is 5. The summed E-state index contributed by atoms with van der Waals surface area (Å²) in [6, 6.07) is 1.08. The monoisotopic (exact) mass is 288 g/mol. The van der Waals surface area contributed by atoms with E-state index in [-0.39, 0.29) is 28.7 Å². The number of aromatic carboxylic acids is 1. The molecular formula is C11H13ClN2O5. The molecule has 104 valence electrons. The maximum Gasteiger partial charge on any atom is 0.336 e. The molecule has 7 nitrogen and oxygen atoms in total. The first kappa shape index (κ1) is 15.4. The highest BCUT2D eigenvalue weighted by Crippen LogP contribution is 2.22. The van der Waals surface area contributed by atoms with Crippen molar-refractivity contribution in [3.63, 3.8) is 0 Å². The van der Waals surface area contributed by atoms with E-state index in [0.29, 0.717) is 0 Å². The second-order valence-electron chi connectivity index (χ2n) is 3.85. The number of nitrogens with zero attached hydrogens (tertiary/aromatic N) is 1. The average molecular weight is 289 g/mol. The second kappa shape index (κ2) is 6.46. The van der Waals surface area contributed by atoms with Gasteiger partial charge in [-0.25, -0.2) is 9.78 Å². The Labute approximate surface area is 113 Å². The van der Waals surface area contributed by atoms with Crippen molar-refractivity contribution < 1.29 is 24.9 Å². The summed E-state index contributed by atoms with van der Waals surface area (Å²) in [6.07, 6.45) is -1.78. The highest BCUT2D eigenvalue weighted by Gasteiger charge is 2.24. The van der Waals surface area contributed by atoms with Crippen LogP contribution in [0.3, 0.4) is 0 Å². The van der Waals surface area contributed by atoms with Crippen LogP contribution in [0.5, 0.6) is 0 Å². The maximum atomic E-state index is 11.0. The van der Waals surface area contributed by atoms with Crippen LogP contribution in [-0.2, 0) is 4.79 Å². The van der Waals surface area contributed by atoms with E-state index in [1.54, 1.807) is 0 Å². The number of aliphatic hydroxyl groups excluding tert-OH is 2. The van der Waals surface area contributed by atoms with Crippen molar-refractivity contribution in [3.05, 3.63) is 28.5 Å². The SMILES string of the molecule is CC(=O)NCC(O)C(O)c1cnc(Cl)cc1C(=O)O. The minimum absolute atomic E-state index is 0.0373. The van der Waals surface area contributed by atoms with Crippen LogP contribution in [-0.4, -0.2) is 44.8 Å².